The molecule has 2 aliphatic carbocycles. The molecule has 4 rings (SSSR count). The van der Waals surface area contributed by atoms with Crippen LogP contribution in [0.4, 0.5) is 0 Å². The number of hydrogen-bond acceptors (Lipinski definition) is 5. The molecule has 7 nitrogen and oxygen atoms in total. The topological polar surface area (TPSA) is 85.8 Å². The summed E-state index contributed by atoms with van der Waals surface area (Å²) in [6.07, 6.45) is 6.39. The van der Waals surface area contributed by atoms with Crippen molar-refractivity contribution in [2.24, 2.45) is 7.05 Å². The van der Waals surface area contributed by atoms with Gasteiger partial charge in [-0.1, -0.05) is 5.16 Å². The Bertz CT molecular complexity index is 744. The number of fused-ring (bicyclic) bond motifs is 1. The first-order valence-electron chi connectivity index (χ1n) is 8.32. The van der Waals surface area contributed by atoms with E-state index in [1.54, 1.807) is 4.68 Å². The summed E-state index contributed by atoms with van der Waals surface area (Å²) in [6.45, 7) is 1.87. The van der Waals surface area contributed by atoms with Gasteiger partial charge in [-0.25, -0.2) is 0 Å². The van der Waals surface area contributed by atoms with Crippen molar-refractivity contribution in [2.75, 3.05) is 0 Å². The van der Waals surface area contributed by atoms with Crippen molar-refractivity contribution in [3.8, 4) is 0 Å². The molecule has 23 heavy (non-hydrogen) atoms. The summed E-state index contributed by atoms with van der Waals surface area (Å²) >= 11 is 0. The van der Waals surface area contributed by atoms with Gasteiger partial charge in [-0.3, -0.25) is 9.48 Å². The summed E-state index contributed by atoms with van der Waals surface area (Å²) in [6, 6.07) is -0.309. The van der Waals surface area contributed by atoms with E-state index in [9.17, 15) is 4.79 Å². The van der Waals surface area contributed by atoms with E-state index < -0.39 is 0 Å². The van der Waals surface area contributed by atoms with Gasteiger partial charge in [-0.15, -0.1) is 0 Å². The van der Waals surface area contributed by atoms with Crippen LogP contribution >= 0.6 is 0 Å². The summed E-state index contributed by atoms with van der Waals surface area (Å²) in [5, 5.41) is 11.5. The lowest BCUT2D eigenvalue weighted by Crippen LogP contribution is -2.29. The number of hydrogen-bond donors (Lipinski definition) is 1. The summed E-state index contributed by atoms with van der Waals surface area (Å²) in [7, 11) is 1.83. The molecule has 0 aromatic carbocycles. The molecule has 2 aromatic heterocycles. The van der Waals surface area contributed by atoms with Gasteiger partial charge in [0.15, 0.2) is 5.82 Å². The molecule has 0 saturated heterocycles. The van der Waals surface area contributed by atoms with E-state index in [2.05, 4.69) is 20.6 Å². The number of carbonyl (C=O) groups is 1. The predicted octanol–water partition coefficient (Wildman–Crippen LogP) is 2.05. The smallest absolute Gasteiger partial charge is 0.270 e. The molecule has 2 aliphatic rings. The van der Waals surface area contributed by atoms with Crippen LogP contribution in [0.2, 0.25) is 0 Å². The van der Waals surface area contributed by atoms with Gasteiger partial charge in [0.05, 0.1) is 5.69 Å². The van der Waals surface area contributed by atoms with Gasteiger partial charge in [0.25, 0.3) is 5.91 Å². The third kappa shape index (κ3) is 2.64. The molecule has 0 radical (unpaired) electrons. The number of nitrogens with one attached hydrogen (secondary N) is 1. The monoisotopic (exact) mass is 315 g/mol. The van der Waals surface area contributed by atoms with Gasteiger partial charge in [0, 0.05) is 18.5 Å². The fourth-order valence-electron chi connectivity index (χ4n) is 3.22. The van der Waals surface area contributed by atoms with Crippen molar-refractivity contribution < 1.29 is 9.32 Å². The molecule has 2 heterocycles. The zero-order chi connectivity index (χ0) is 16.0. The third-order valence-electron chi connectivity index (χ3n) is 4.65. The van der Waals surface area contributed by atoms with Crippen LogP contribution in [0.15, 0.2) is 4.52 Å². The molecule has 0 bridgehead atoms. The molecule has 1 amide bonds. The van der Waals surface area contributed by atoms with E-state index in [0.29, 0.717) is 17.5 Å². The maximum atomic E-state index is 12.7. The van der Waals surface area contributed by atoms with E-state index in [4.69, 9.17) is 4.52 Å². The minimum absolute atomic E-state index is 0.123. The van der Waals surface area contributed by atoms with Gasteiger partial charge < -0.3 is 9.84 Å². The highest BCUT2D eigenvalue weighted by atomic mass is 16.5. The van der Waals surface area contributed by atoms with Crippen LogP contribution in [-0.4, -0.2) is 25.8 Å². The molecule has 7 heteroatoms. The van der Waals surface area contributed by atoms with Crippen LogP contribution in [0, 0.1) is 0 Å². The van der Waals surface area contributed by atoms with E-state index in [0.717, 1.165) is 55.6 Å². The molecule has 1 fully saturated rings. The molecule has 1 N–H and O–H groups in total. The zero-order valence-corrected chi connectivity index (χ0v) is 13.5. The number of aromatic nitrogens is 4. The van der Waals surface area contributed by atoms with Crippen LogP contribution in [-0.2, 0) is 19.9 Å². The average Bonchev–Trinajstić information content (AvgIpc) is 3.15. The highest BCUT2D eigenvalue weighted by Gasteiger charge is 2.30. The van der Waals surface area contributed by atoms with E-state index >= 15 is 0 Å². The first-order chi connectivity index (χ1) is 11.1. The first-order valence-corrected chi connectivity index (χ1v) is 8.32. The van der Waals surface area contributed by atoms with Crippen molar-refractivity contribution in [2.45, 2.75) is 57.4 Å². The Morgan fingerprint density at radius 1 is 1.35 bits per heavy atom. The normalized spacial score (nSPS) is 18.5. The van der Waals surface area contributed by atoms with E-state index in [-0.39, 0.29) is 11.9 Å². The molecular formula is C16H21N5O2. The number of aryl methyl sites for hydroxylation is 2. The average molecular weight is 315 g/mol. The van der Waals surface area contributed by atoms with Gasteiger partial charge in [0.1, 0.15) is 11.7 Å². The summed E-state index contributed by atoms with van der Waals surface area (Å²) in [4.78, 5) is 17.1. The molecule has 1 saturated carbocycles. The summed E-state index contributed by atoms with van der Waals surface area (Å²) in [5.41, 5.74) is 2.81. The Hall–Kier alpha value is -2.18. The fraction of sp³-hybridized carbons (Fsp3) is 0.625. The fourth-order valence-corrected chi connectivity index (χ4v) is 3.22. The number of nitrogens with zero attached hydrogens (tertiary/aromatic N) is 4. The Labute approximate surface area is 134 Å². The highest BCUT2D eigenvalue weighted by molar-refractivity contribution is 5.94. The van der Waals surface area contributed by atoms with E-state index in [1.165, 1.54) is 0 Å². The molecule has 1 atom stereocenters. The lowest BCUT2D eigenvalue weighted by Gasteiger charge is -2.13. The van der Waals surface area contributed by atoms with Crippen molar-refractivity contribution in [3.63, 3.8) is 0 Å². The highest BCUT2D eigenvalue weighted by Crippen LogP contribution is 2.38. The lowest BCUT2D eigenvalue weighted by atomic mass is 9.95. The van der Waals surface area contributed by atoms with Crippen LogP contribution in [0.1, 0.15) is 78.0 Å². The number of carbonyl (C=O) groups excluding carboxylic acids is 1. The van der Waals surface area contributed by atoms with Gasteiger partial charge in [-0.2, -0.15) is 10.1 Å². The SMILES string of the molecule is CC(NC(=O)c1c2c(nn1C)CCCC2)c1nc(C2CC2)no1. The van der Waals surface area contributed by atoms with Crippen LogP contribution in [0.5, 0.6) is 0 Å². The van der Waals surface area contributed by atoms with Crippen molar-refractivity contribution in [1.82, 2.24) is 25.2 Å². The Morgan fingerprint density at radius 3 is 2.91 bits per heavy atom. The Balaban J connectivity index is 1.51. The van der Waals surface area contributed by atoms with Gasteiger partial charge in [-0.05, 0) is 45.4 Å². The van der Waals surface area contributed by atoms with Crippen molar-refractivity contribution in [3.05, 3.63) is 28.7 Å². The minimum atomic E-state index is -0.309. The van der Waals surface area contributed by atoms with Gasteiger partial charge in [0.2, 0.25) is 5.89 Å². The van der Waals surface area contributed by atoms with Crippen LogP contribution in [0.3, 0.4) is 0 Å². The first kappa shape index (κ1) is 14.4. The second-order valence-electron chi connectivity index (χ2n) is 6.56. The molecule has 122 valence electrons. The number of rotatable bonds is 4. The van der Waals surface area contributed by atoms with Crippen LogP contribution < -0.4 is 5.32 Å². The predicted molar refractivity (Wildman–Crippen MR) is 82.0 cm³/mol. The van der Waals surface area contributed by atoms with Crippen molar-refractivity contribution >= 4 is 5.91 Å². The van der Waals surface area contributed by atoms with E-state index in [1.807, 2.05) is 14.0 Å². The second-order valence-corrected chi connectivity index (χ2v) is 6.56. The molecule has 0 aliphatic heterocycles. The summed E-state index contributed by atoms with van der Waals surface area (Å²) in [5.74, 6) is 1.55. The maximum Gasteiger partial charge on any atom is 0.270 e. The molecule has 0 spiro atoms. The molecule has 2 aromatic rings. The Morgan fingerprint density at radius 2 is 2.13 bits per heavy atom. The van der Waals surface area contributed by atoms with Crippen LogP contribution in [0.25, 0.3) is 0 Å². The quantitative estimate of drug-likeness (QED) is 0.933. The van der Waals surface area contributed by atoms with Gasteiger partial charge >= 0.3 is 0 Å². The molecule has 1 unspecified atom stereocenters. The minimum Gasteiger partial charge on any atom is -0.339 e. The second kappa shape index (κ2) is 5.47. The van der Waals surface area contributed by atoms with Crippen molar-refractivity contribution in [1.29, 1.82) is 0 Å². The molecular weight excluding hydrogens is 294 g/mol. The summed E-state index contributed by atoms with van der Waals surface area (Å²) < 4.78 is 6.99. The largest absolute Gasteiger partial charge is 0.339 e. The Kier molecular flexibility index (Phi) is 3.43. The zero-order valence-electron chi connectivity index (χ0n) is 13.5. The third-order valence-corrected chi connectivity index (χ3v) is 4.65. The number of amides is 1. The lowest BCUT2D eigenvalue weighted by molar-refractivity contribution is 0.0922. The maximum absolute atomic E-state index is 12.7. The standard InChI is InChI=1S/C16H21N5O2/c1-9(16-18-14(20-23-16)10-7-8-10)17-15(22)13-11-5-3-4-6-12(11)19-21(13)2/h9-10H,3-8H2,1-2H3,(H,17,22).